The molecule has 0 radical (unpaired) electrons. The van der Waals surface area contributed by atoms with E-state index in [1.807, 2.05) is 13.0 Å². The summed E-state index contributed by atoms with van der Waals surface area (Å²) >= 11 is 25.4. The fourth-order valence-electron chi connectivity index (χ4n) is 1.75. The summed E-state index contributed by atoms with van der Waals surface area (Å²) in [5.74, 6) is 0.509. The molecule has 0 saturated carbocycles. The molecule has 0 heterocycles. The van der Waals surface area contributed by atoms with Gasteiger partial charge in [-0.05, 0) is 42.3 Å². The molecule has 8 heteroatoms. The van der Waals surface area contributed by atoms with Crippen molar-refractivity contribution in [3.63, 3.8) is 0 Å². The van der Waals surface area contributed by atoms with E-state index in [1.165, 1.54) is 11.8 Å². The second-order valence-corrected chi connectivity index (χ2v) is 7.37. The summed E-state index contributed by atoms with van der Waals surface area (Å²) < 4.78 is 0. The maximum Gasteiger partial charge on any atom is 0.180 e. The topological polar surface area (TPSA) is 50.7 Å². The van der Waals surface area contributed by atoms with Crippen LogP contribution in [-0.4, -0.2) is 10.9 Å². The highest BCUT2D eigenvalue weighted by atomic mass is 35.5. The third kappa shape index (κ3) is 5.30. The number of hydrogen-bond acceptors (Lipinski definition) is 3. The van der Waals surface area contributed by atoms with E-state index < -0.39 is 0 Å². The molecule has 2 aromatic rings. The minimum absolute atomic E-state index is 0.311. The minimum atomic E-state index is 0.311. The van der Waals surface area contributed by atoms with Crippen LogP contribution >= 0.6 is 58.2 Å². The Hall–Kier alpha value is -0.910. The zero-order valence-corrected chi connectivity index (χ0v) is 16.4. The predicted molar refractivity (Wildman–Crippen MR) is 108 cm³/mol. The zero-order chi connectivity index (χ0) is 17.7. The second kappa shape index (κ2) is 8.97. The molecule has 0 aromatic heterocycles. The zero-order valence-electron chi connectivity index (χ0n) is 12.6. The van der Waals surface area contributed by atoms with Gasteiger partial charge >= 0.3 is 0 Å². The molecule has 0 amide bonds. The van der Waals surface area contributed by atoms with Crippen LogP contribution in [0, 0.1) is 0 Å². The summed E-state index contributed by atoms with van der Waals surface area (Å²) in [6, 6.07) is 10.6. The highest BCUT2D eigenvalue weighted by Crippen LogP contribution is 2.28. The molecule has 0 aliphatic heterocycles. The smallest absolute Gasteiger partial charge is 0.180 e. The Morgan fingerprint density at radius 2 is 1.62 bits per heavy atom. The highest BCUT2D eigenvalue weighted by Gasteiger charge is 2.07. The van der Waals surface area contributed by atoms with Crippen LogP contribution in [0.5, 0.6) is 0 Å². The molecule has 2 N–H and O–H groups in total. The Morgan fingerprint density at radius 1 is 0.958 bits per heavy atom. The number of amidine groups is 1. The normalized spacial score (nSPS) is 12.5. The third-order valence-electron chi connectivity index (χ3n) is 3.06. The number of hydrogen-bond donors (Lipinski definition) is 1. The van der Waals surface area contributed by atoms with Gasteiger partial charge in [0.2, 0.25) is 0 Å². The summed E-state index contributed by atoms with van der Waals surface area (Å²) in [5, 5.41) is 10.6. The fraction of sp³-hybridized carbons (Fsp3) is 0.125. The summed E-state index contributed by atoms with van der Waals surface area (Å²) in [7, 11) is 0. The lowest BCUT2D eigenvalue weighted by molar-refractivity contribution is 1.23. The van der Waals surface area contributed by atoms with Crippen LogP contribution in [0.1, 0.15) is 18.1 Å². The maximum absolute atomic E-state index is 6.12. The van der Waals surface area contributed by atoms with Crippen LogP contribution in [0.2, 0.25) is 20.1 Å². The van der Waals surface area contributed by atoms with Gasteiger partial charge in [0.1, 0.15) is 0 Å². The number of rotatable bonds is 4. The van der Waals surface area contributed by atoms with Gasteiger partial charge in [-0.25, -0.2) is 0 Å². The van der Waals surface area contributed by atoms with Crippen molar-refractivity contribution in [1.29, 1.82) is 0 Å². The molecule has 2 aromatic carbocycles. The average molecular weight is 421 g/mol. The van der Waals surface area contributed by atoms with Gasteiger partial charge in [0, 0.05) is 15.8 Å². The van der Waals surface area contributed by atoms with E-state index in [4.69, 9.17) is 52.1 Å². The second-order valence-electron chi connectivity index (χ2n) is 4.74. The largest absolute Gasteiger partial charge is 0.377 e. The van der Waals surface area contributed by atoms with E-state index in [0.29, 0.717) is 36.7 Å². The van der Waals surface area contributed by atoms with E-state index in [0.717, 1.165) is 11.1 Å². The lowest BCUT2D eigenvalue weighted by atomic mass is 10.1. The fourth-order valence-corrected chi connectivity index (χ4v) is 3.44. The number of benzene rings is 2. The SMILES string of the molecule is C/C(=N/N=C(/N)SCc1c(Cl)cccc1Cl)c1ccc(Cl)c(Cl)c1. The van der Waals surface area contributed by atoms with E-state index in [2.05, 4.69) is 10.2 Å². The van der Waals surface area contributed by atoms with Gasteiger partial charge in [0.15, 0.2) is 5.17 Å². The highest BCUT2D eigenvalue weighted by molar-refractivity contribution is 8.13. The Kier molecular flexibility index (Phi) is 7.26. The standard InChI is InChI=1S/C16H13Cl4N3S/c1-9(10-5-6-14(19)15(20)7-10)22-23-16(21)24-8-11-12(17)3-2-4-13(11)18/h2-7H,8H2,1H3,(H2,21,23)/b22-9-. The molecule has 0 unspecified atom stereocenters. The van der Waals surface area contributed by atoms with E-state index in [-0.39, 0.29) is 0 Å². The van der Waals surface area contributed by atoms with Gasteiger partial charge in [-0.3, -0.25) is 0 Å². The van der Waals surface area contributed by atoms with Crippen molar-refractivity contribution in [2.45, 2.75) is 12.7 Å². The number of halogens is 4. The quantitative estimate of drug-likeness (QED) is 0.359. The molecule has 2 rings (SSSR count). The van der Waals surface area contributed by atoms with Crippen molar-refractivity contribution in [2.75, 3.05) is 0 Å². The van der Waals surface area contributed by atoms with Crippen LogP contribution < -0.4 is 5.73 Å². The van der Waals surface area contributed by atoms with Gasteiger partial charge in [-0.15, -0.1) is 5.10 Å². The average Bonchev–Trinajstić information content (AvgIpc) is 2.54. The first-order valence-electron chi connectivity index (χ1n) is 6.77. The molecular weight excluding hydrogens is 408 g/mol. The molecule has 0 aliphatic carbocycles. The molecule has 0 spiro atoms. The van der Waals surface area contributed by atoms with E-state index in [1.54, 1.807) is 30.3 Å². The molecule has 126 valence electrons. The Labute approximate surface area is 164 Å². The first kappa shape index (κ1) is 19.4. The Morgan fingerprint density at radius 3 is 2.25 bits per heavy atom. The van der Waals surface area contributed by atoms with Gasteiger partial charge in [0.25, 0.3) is 0 Å². The van der Waals surface area contributed by atoms with Crippen molar-refractivity contribution in [3.8, 4) is 0 Å². The van der Waals surface area contributed by atoms with Crippen LogP contribution in [0.15, 0.2) is 46.6 Å². The summed E-state index contributed by atoms with van der Waals surface area (Å²) in [6.07, 6.45) is 0. The summed E-state index contributed by atoms with van der Waals surface area (Å²) in [6.45, 7) is 1.81. The Bertz CT molecular complexity index is 786. The molecule has 0 fully saturated rings. The van der Waals surface area contributed by atoms with E-state index in [9.17, 15) is 0 Å². The van der Waals surface area contributed by atoms with Crippen molar-refractivity contribution in [1.82, 2.24) is 0 Å². The summed E-state index contributed by atoms with van der Waals surface area (Å²) in [5.41, 5.74) is 8.18. The van der Waals surface area contributed by atoms with Crippen LogP contribution in [0.4, 0.5) is 0 Å². The Balaban J connectivity index is 2.06. The van der Waals surface area contributed by atoms with Crippen molar-refractivity contribution in [3.05, 3.63) is 67.6 Å². The molecule has 3 nitrogen and oxygen atoms in total. The molecule has 0 saturated heterocycles. The van der Waals surface area contributed by atoms with Crippen molar-refractivity contribution < 1.29 is 0 Å². The van der Waals surface area contributed by atoms with Crippen molar-refractivity contribution >= 4 is 69.0 Å². The molecule has 0 bridgehead atoms. The van der Waals surface area contributed by atoms with Gasteiger partial charge < -0.3 is 5.73 Å². The number of nitrogens with zero attached hydrogens (tertiary/aromatic N) is 2. The van der Waals surface area contributed by atoms with Gasteiger partial charge in [0.05, 0.1) is 15.8 Å². The first-order chi connectivity index (χ1) is 11.4. The van der Waals surface area contributed by atoms with Gasteiger partial charge in [-0.1, -0.05) is 70.3 Å². The van der Waals surface area contributed by atoms with Crippen LogP contribution in [0.25, 0.3) is 0 Å². The molecule has 0 atom stereocenters. The van der Waals surface area contributed by atoms with Crippen LogP contribution in [-0.2, 0) is 5.75 Å². The van der Waals surface area contributed by atoms with Crippen molar-refractivity contribution in [2.24, 2.45) is 15.9 Å². The summed E-state index contributed by atoms with van der Waals surface area (Å²) in [4.78, 5) is 0. The van der Waals surface area contributed by atoms with Crippen LogP contribution in [0.3, 0.4) is 0 Å². The maximum atomic E-state index is 6.12. The molecule has 24 heavy (non-hydrogen) atoms. The third-order valence-corrected chi connectivity index (χ3v) is 5.32. The number of thioether (sulfide) groups is 1. The van der Waals surface area contributed by atoms with Gasteiger partial charge in [-0.2, -0.15) is 5.10 Å². The molecule has 0 aliphatic rings. The van der Waals surface area contributed by atoms with E-state index >= 15 is 0 Å². The number of nitrogens with two attached hydrogens (primary N) is 1. The lowest BCUT2D eigenvalue weighted by Crippen LogP contribution is -2.07. The first-order valence-corrected chi connectivity index (χ1v) is 9.27. The lowest BCUT2D eigenvalue weighted by Gasteiger charge is -2.05. The minimum Gasteiger partial charge on any atom is -0.377 e. The molecular formula is C16H13Cl4N3S. The predicted octanol–water partition coefficient (Wildman–Crippen LogP) is 6.27. The monoisotopic (exact) mass is 419 g/mol.